The number of rotatable bonds is 8. The van der Waals surface area contributed by atoms with E-state index in [1.54, 1.807) is 24.3 Å². The van der Waals surface area contributed by atoms with Gasteiger partial charge in [-0.3, -0.25) is 9.59 Å². The second kappa shape index (κ2) is 10.4. The van der Waals surface area contributed by atoms with Crippen molar-refractivity contribution in [2.45, 2.75) is 52.7 Å². The molecule has 0 spiro atoms. The molecule has 6 heteroatoms. The van der Waals surface area contributed by atoms with Crippen LogP contribution < -0.4 is 10.6 Å². The lowest BCUT2D eigenvalue weighted by molar-refractivity contribution is -0.131. The molecular formula is C24H32N2O4. The van der Waals surface area contributed by atoms with Gasteiger partial charge in [-0.05, 0) is 60.4 Å². The molecule has 0 unspecified atom stereocenters. The van der Waals surface area contributed by atoms with Gasteiger partial charge in [-0.2, -0.15) is 0 Å². The lowest BCUT2D eigenvalue weighted by Gasteiger charge is -2.37. The summed E-state index contributed by atoms with van der Waals surface area (Å²) in [5.41, 5.74) is 1.62. The highest BCUT2D eigenvalue weighted by Gasteiger charge is 2.31. The highest BCUT2D eigenvalue weighted by molar-refractivity contribution is 6.02. The summed E-state index contributed by atoms with van der Waals surface area (Å²) in [4.78, 5) is 24.2. The third-order valence-electron chi connectivity index (χ3n) is 5.84. The first kappa shape index (κ1) is 22.1. The van der Waals surface area contributed by atoms with E-state index in [9.17, 15) is 9.59 Å². The monoisotopic (exact) mass is 412 g/mol. The Kier molecular flexibility index (Phi) is 7.69. The molecule has 1 saturated carbocycles. The number of benzene rings is 1. The molecule has 1 aliphatic carbocycles. The van der Waals surface area contributed by atoms with Gasteiger partial charge in [0.25, 0.3) is 5.91 Å². The zero-order valence-corrected chi connectivity index (χ0v) is 18.0. The molecule has 2 N–H and O–H groups in total. The number of carbonyl (C=O) groups excluding carboxylic acids is 2. The largest absolute Gasteiger partial charge is 0.459 e. The maximum Gasteiger partial charge on any atom is 0.291 e. The van der Waals surface area contributed by atoms with Crippen LogP contribution in [-0.4, -0.2) is 24.5 Å². The Morgan fingerprint density at radius 1 is 1.17 bits per heavy atom. The SMILES string of the molecule is CC(C)[C@H]1CC[C@@H](C)C[C@H]1OCC(=O)NCc1ccc(NC(=O)c2ccco2)cc1. The number of furan rings is 1. The summed E-state index contributed by atoms with van der Waals surface area (Å²) in [6.07, 6.45) is 5.07. The van der Waals surface area contributed by atoms with Gasteiger partial charge >= 0.3 is 0 Å². The fourth-order valence-corrected chi connectivity index (χ4v) is 4.05. The molecule has 30 heavy (non-hydrogen) atoms. The molecule has 1 aliphatic rings. The molecule has 3 rings (SSSR count). The van der Waals surface area contributed by atoms with Gasteiger partial charge in [0.05, 0.1) is 12.4 Å². The van der Waals surface area contributed by atoms with Gasteiger partial charge in [0.15, 0.2) is 5.76 Å². The summed E-state index contributed by atoms with van der Waals surface area (Å²) >= 11 is 0. The zero-order valence-electron chi connectivity index (χ0n) is 18.0. The molecule has 0 aliphatic heterocycles. The van der Waals surface area contributed by atoms with Crippen LogP contribution in [-0.2, 0) is 16.1 Å². The standard InChI is InChI=1S/C24H32N2O4/c1-16(2)20-11-6-17(3)13-22(20)30-15-23(27)25-14-18-7-9-19(10-8-18)26-24(28)21-5-4-12-29-21/h4-5,7-10,12,16-17,20,22H,6,11,13-15H2,1-3H3,(H,25,27)(H,26,28)/t17-,20-,22-/m1/s1. The first-order chi connectivity index (χ1) is 14.4. The summed E-state index contributed by atoms with van der Waals surface area (Å²) in [5, 5.41) is 5.68. The van der Waals surface area contributed by atoms with Gasteiger partial charge in [0.1, 0.15) is 6.61 Å². The molecular weight excluding hydrogens is 380 g/mol. The number of hydrogen-bond acceptors (Lipinski definition) is 4. The molecule has 1 fully saturated rings. The van der Waals surface area contributed by atoms with Crippen LogP contribution in [0.5, 0.6) is 0 Å². The maximum atomic E-state index is 12.3. The predicted molar refractivity (Wildman–Crippen MR) is 116 cm³/mol. The van der Waals surface area contributed by atoms with E-state index >= 15 is 0 Å². The van der Waals surface area contributed by atoms with Crippen LogP contribution in [0.2, 0.25) is 0 Å². The molecule has 1 aromatic heterocycles. The Labute approximate surface area is 178 Å². The third kappa shape index (κ3) is 6.20. The van der Waals surface area contributed by atoms with Crippen molar-refractivity contribution >= 4 is 17.5 Å². The Morgan fingerprint density at radius 2 is 1.93 bits per heavy atom. The fourth-order valence-electron chi connectivity index (χ4n) is 4.05. The van der Waals surface area contributed by atoms with Crippen LogP contribution in [0.25, 0.3) is 0 Å². The first-order valence-electron chi connectivity index (χ1n) is 10.7. The quantitative estimate of drug-likeness (QED) is 0.663. The number of nitrogens with one attached hydrogen (secondary N) is 2. The van der Waals surface area contributed by atoms with E-state index in [1.165, 1.54) is 19.1 Å². The molecule has 2 aromatic rings. The molecule has 0 radical (unpaired) electrons. The average Bonchev–Trinajstić information content (AvgIpc) is 3.26. The van der Waals surface area contributed by atoms with Crippen molar-refractivity contribution in [1.82, 2.24) is 5.32 Å². The average molecular weight is 413 g/mol. The van der Waals surface area contributed by atoms with Crippen molar-refractivity contribution in [2.24, 2.45) is 17.8 Å². The van der Waals surface area contributed by atoms with Crippen molar-refractivity contribution in [2.75, 3.05) is 11.9 Å². The second-order valence-corrected chi connectivity index (χ2v) is 8.58. The zero-order chi connectivity index (χ0) is 21.5. The molecule has 2 amide bonds. The smallest absolute Gasteiger partial charge is 0.291 e. The van der Waals surface area contributed by atoms with E-state index in [0.717, 1.165) is 12.0 Å². The minimum atomic E-state index is -0.296. The van der Waals surface area contributed by atoms with Gasteiger partial charge in [-0.15, -0.1) is 0 Å². The molecule has 1 aromatic carbocycles. The number of hydrogen-bond donors (Lipinski definition) is 2. The van der Waals surface area contributed by atoms with Crippen LogP contribution in [0.1, 0.15) is 56.2 Å². The lowest BCUT2D eigenvalue weighted by atomic mass is 9.75. The van der Waals surface area contributed by atoms with Gasteiger partial charge < -0.3 is 19.8 Å². The topological polar surface area (TPSA) is 80.6 Å². The lowest BCUT2D eigenvalue weighted by Crippen LogP contribution is -2.37. The summed E-state index contributed by atoms with van der Waals surface area (Å²) in [6, 6.07) is 10.6. The fraction of sp³-hybridized carbons (Fsp3) is 0.500. The Morgan fingerprint density at radius 3 is 2.60 bits per heavy atom. The van der Waals surface area contributed by atoms with Gasteiger partial charge in [-0.1, -0.05) is 39.3 Å². The normalized spacial score (nSPS) is 21.4. The number of ether oxygens (including phenoxy) is 1. The summed E-state index contributed by atoms with van der Waals surface area (Å²) in [7, 11) is 0. The third-order valence-corrected chi connectivity index (χ3v) is 5.84. The predicted octanol–water partition coefficient (Wildman–Crippen LogP) is 4.63. The summed E-state index contributed by atoms with van der Waals surface area (Å²) in [6.45, 7) is 7.24. The highest BCUT2D eigenvalue weighted by atomic mass is 16.5. The molecule has 6 nitrogen and oxygen atoms in total. The Bertz CT molecular complexity index is 814. The van der Waals surface area contributed by atoms with E-state index in [0.29, 0.717) is 30.0 Å². The highest BCUT2D eigenvalue weighted by Crippen LogP contribution is 2.35. The molecule has 162 valence electrons. The van der Waals surface area contributed by atoms with E-state index in [-0.39, 0.29) is 30.3 Å². The maximum absolute atomic E-state index is 12.3. The van der Waals surface area contributed by atoms with E-state index in [2.05, 4.69) is 31.4 Å². The van der Waals surface area contributed by atoms with Gasteiger partial charge in [-0.25, -0.2) is 0 Å². The van der Waals surface area contributed by atoms with Crippen LogP contribution >= 0.6 is 0 Å². The Balaban J connectivity index is 1.42. The minimum absolute atomic E-state index is 0.0951. The Hall–Kier alpha value is -2.60. The molecule has 3 atom stereocenters. The van der Waals surface area contributed by atoms with Crippen molar-refractivity contribution in [3.63, 3.8) is 0 Å². The van der Waals surface area contributed by atoms with Gasteiger partial charge in [0.2, 0.25) is 5.91 Å². The van der Waals surface area contributed by atoms with E-state index in [4.69, 9.17) is 9.15 Å². The molecule has 0 bridgehead atoms. The van der Waals surface area contributed by atoms with Crippen molar-refractivity contribution in [3.05, 3.63) is 54.0 Å². The summed E-state index contributed by atoms with van der Waals surface area (Å²) in [5.74, 6) is 1.61. The van der Waals surface area contributed by atoms with Crippen molar-refractivity contribution in [3.8, 4) is 0 Å². The number of amides is 2. The first-order valence-corrected chi connectivity index (χ1v) is 10.7. The van der Waals surface area contributed by atoms with Crippen LogP contribution in [0.4, 0.5) is 5.69 Å². The van der Waals surface area contributed by atoms with Crippen LogP contribution in [0, 0.1) is 17.8 Å². The van der Waals surface area contributed by atoms with Crippen molar-refractivity contribution < 1.29 is 18.7 Å². The second-order valence-electron chi connectivity index (χ2n) is 8.58. The van der Waals surface area contributed by atoms with Crippen LogP contribution in [0.15, 0.2) is 47.1 Å². The summed E-state index contributed by atoms with van der Waals surface area (Å²) < 4.78 is 11.1. The number of anilines is 1. The van der Waals surface area contributed by atoms with Gasteiger partial charge in [0, 0.05) is 12.2 Å². The molecule has 1 heterocycles. The van der Waals surface area contributed by atoms with Crippen molar-refractivity contribution in [1.29, 1.82) is 0 Å². The van der Waals surface area contributed by atoms with E-state index < -0.39 is 0 Å². The van der Waals surface area contributed by atoms with E-state index in [1.807, 2.05) is 12.1 Å². The minimum Gasteiger partial charge on any atom is -0.459 e. The van der Waals surface area contributed by atoms with Crippen LogP contribution in [0.3, 0.4) is 0 Å². The molecule has 0 saturated heterocycles. The number of carbonyl (C=O) groups is 2.